The molecule has 1 amide bonds. The highest BCUT2D eigenvalue weighted by Crippen LogP contribution is 2.32. The molecule has 23 heavy (non-hydrogen) atoms. The first-order valence-electron chi connectivity index (χ1n) is 6.51. The van der Waals surface area contributed by atoms with Crippen LogP contribution in [0.15, 0.2) is 28.6 Å². The van der Waals surface area contributed by atoms with E-state index in [9.17, 15) is 4.79 Å². The van der Waals surface area contributed by atoms with Gasteiger partial charge in [-0.3, -0.25) is 14.5 Å². The predicted molar refractivity (Wildman–Crippen MR) is 91.3 cm³/mol. The number of anilines is 1. The summed E-state index contributed by atoms with van der Waals surface area (Å²) in [5.41, 5.74) is 1.65. The molecule has 9 heteroatoms. The van der Waals surface area contributed by atoms with Crippen LogP contribution in [-0.2, 0) is 0 Å². The molecular formula is C14H10ClN5OS2. The third-order valence-electron chi connectivity index (χ3n) is 2.94. The van der Waals surface area contributed by atoms with Crippen molar-refractivity contribution in [2.24, 2.45) is 0 Å². The molecule has 0 saturated carbocycles. The quantitative estimate of drug-likeness (QED) is 0.716. The molecule has 0 spiro atoms. The van der Waals surface area contributed by atoms with Crippen LogP contribution in [0.3, 0.4) is 0 Å². The summed E-state index contributed by atoms with van der Waals surface area (Å²) in [6.07, 6.45) is 1.73. The Morgan fingerprint density at radius 3 is 3.13 bits per heavy atom. The first kappa shape index (κ1) is 15.8. The van der Waals surface area contributed by atoms with E-state index in [2.05, 4.69) is 21.4 Å². The Morgan fingerprint density at radius 1 is 1.52 bits per heavy atom. The van der Waals surface area contributed by atoms with E-state index >= 15 is 0 Å². The Kier molecular flexibility index (Phi) is 4.52. The molecule has 3 rings (SSSR count). The number of aromatic nitrogens is 3. The molecule has 3 aromatic heterocycles. The summed E-state index contributed by atoms with van der Waals surface area (Å²) in [7, 11) is 0. The number of rotatable bonds is 4. The first-order valence-corrected chi connectivity index (χ1v) is 8.69. The maximum Gasteiger partial charge on any atom is 0.277 e. The van der Waals surface area contributed by atoms with Gasteiger partial charge in [0.2, 0.25) is 0 Å². The molecule has 0 bridgehead atoms. The van der Waals surface area contributed by atoms with Gasteiger partial charge in [0.05, 0.1) is 21.7 Å². The number of nitrogens with one attached hydrogen (secondary N) is 1. The van der Waals surface area contributed by atoms with Gasteiger partial charge in [0.15, 0.2) is 16.0 Å². The Hall–Kier alpha value is -2.08. The van der Waals surface area contributed by atoms with Crippen molar-refractivity contribution in [2.75, 3.05) is 11.1 Å². The summed E-state index contributed by atoms with van der Waals surface area (Å²) in [5.74, 6) is -0.0329. The SMILES string of the molecule is Cc1nc(NC(=O)c2c(Cl)nc3ccccn23)sc1SCC#N. The van der Waals surface area contributed by atoms with Crippen molar-refractivity contribution in [3.05, 3.63) is 40.9 Å². The lowest BCUT2D eigenvalue weighted by molar-refractivity contribution is 0.102. The molecular weight excluding hydrogens is 354 g/mol. The predicted octanol–water partition coefficient (Wildman–Crippen LogP) is 3.62. The summed E-state index contributed by atoms with van der Waals surface area (Å²) in [6, 6.07) is 7.46. The van der Waals surface area contributed by atoms with Crippen LogP contribution in [0.4, 0.5) is 5.13 Å². The molecule has 0 atom stereocenters. The molecule has 0 aromatic carbocycles. The zero-order valence-electron chi connectivity index (χ0n) is 11.9. The van der Waals surface area contributed by atoms with Gasteiger partial charge in [-0.1, -0.05) is 40.8 Å². The zero-order valence-corrected chi connectivity index (χ0v) is 14.3. The largest absolute Gasteiger partial charge is 0.296 e. The van der Waals surface area contributed by atoms with E-state index in [4.69, 9.17) is 16.9 Å². The summed E-state index contributed by atoms with van der Waals surface area (Å²) in [5, 5.41) is 12.0. The fourth-order valence-electron chi connectivity index (χ4n) is 1.99. The number of carbonyl (C=O) groups is 1. The molecule has 0 aliphatic carbocycles. The van der Waals surface area contributed by atoms with Gasteiger partial charge in [0, 0.05) is 6.20 Å². The molecule has 6 nitrogen and oxygen atoms in total. The van der Waals surface area contributed by atoms with Gasteiger partial charge in [-0.15, -0.1) is 0 Å². The Bertz CT molecular complexity index is 927. The van der Waals surface area contributed by atoms with Crippen molar-refractivity contribution in [3.8, 4) is 6.07 Å². The third-order valence-corrected chi connectivity index (χ3v) is 5.51. The monoisotopic (exact) mass is 363 g/mol. The van der Waals surface area contributed by atoms with Crippen LogP contribution < -0.4 is 5.32 Å². The number of thiazole rings is 1. The lowest BCUT2D eigenvalue weighted by Gasteiger charge is -2.02. The van der Waals surface area contributed by atoms with Gasteiger partial charge < -0.3 is 0 Å². The summed E-state index contributed by atoms with van der Waals surface area (Å²) < 4.78 is 2.54. The molecule has 0 fully saturated rings. The normalized spacial score (nSPS) is 10.7. The highest BCUT2D eigenvalue weighted by Gasteiger charge is 2.19. The number of nitrogens with zero attached hydrogens (tertiary/aromatic N) is 4. The molecule has 0 aliphatic heterocycles. The number of imidazole rings is 1. The minimum atomic E-state index is -0.376. The second kappa shape index (κ2) is 6.58. The highest BCUT2D eigenvalue weighted by molar-refractivity contribution is 8.01. The minimum Gasteiger partial charge on any atom is -0.296 e. The highest BCUT2D eigenvalue weighted by atomic mass is 35.5. The molecule has 1 N–H and O–H groups in total. The number of pyridine rings is 1. The zero-order chi connectivity index (χ0) is 16.4. The lowest BCUT2D eigenvalue weighted by Crippen LogP contribution is -2.14. The molecule has 0 unspecified atom stereocenters. The molecule has 0 aliphatic rings. The molecule has 3 aromatic rings. The van der Waals surface area contributed by atoms with Gasteiger partial charge in [-0.25, -0.2) is 9.97 Å². The Morgan fingerprint density at radius 2 is 2.35 bits per heavy atom. The van der Waals surface area contributed by atoms with Crippen LogP contribution in [0, 0.1) is 18.3 Å². The fourth-order valence-corrected chi connectivity index (χ4v) is 4.05. The number of nitriles is 1. The second-order valence-corrected chi connectivity index (χ2v) is 7.07. The standard InChI is InChI=1S/C14H10ClN5OS2/c1-8-13(22-7-5-16)23-14(17-8)19-12(21)10-11(15)18-9-4-2-3-6-20(9)10/h2-4,6H,7H2,1H3,(H,17,19,21). The van der Waals surface area contributed by atoms with Crippen molar-refractivity contribution < 1.29 is 4.79 Å². The van der Waals surface area contributed by atoms with Crippen LogP contribution in [0.1, 0.15) is 16.2 Å². The van der Waals surface area contributed by atoms with Crippen molar-refractivity contribution in [1.82, 2.24) is 14.4 Å². The van der Waals surface area contributed by atoms with E-state index in [0.717, 1.165) is 9.90 Å². The number of halogens is 1. The second-order valence-electron chi connectivity index (χ2n) is 4.47. The average molecular weight is 364 g/mol. The molecule has 0 radical (unpaired) electrons. The van der Waals surface area contributed by atoms with Crippen LogP contribution in [0.25, 0.3) is 5.65 Å². The molecule has 0 saturated heterocycles. The maximum atomic E-state index is 12.5. The molecule has 3 heterocycles. The number of hydrogen-bond acceptors (Lipinski definition) is 6. The van der Waals surface area contributed by atoms with Crippen molar-refractivity contribution in [2.45, 2.75) is 11.1 Å². The van der Waals surface area contributed by atoms with Crippen LogP contribution in [0.2, 0.25) is 5.15 Å². The number of aryl methyl sites for hydroxylation is 1. The number of amides is 1. The third kappa shape index (κ3) is 3.17. The van der Waals surface area contributed by atoms with Crippen molar-refractivity contribution in [1.29, 1.82) is 5.26 Å². The van der Waals surface area contributed by atoms with Gasteiger partial charge >= 0.3 is 0 Å². The van der Waals surface area contributed by atoms with Gasteiger partial charge in [0.1, 0.15) is 5.65 Å². The maximum absolute atomic E-state index is 12.5. The van der Waals surface area contributed by atoms with Crippen molar-refractivity contribution >= 4 is 51.4 Å². The van der Waals surface area contributed by atoms with E-state index in [1.54, 1.807) is 22.7 Å². The summed E-state index contributed by atoms with van der Waals surface area (Å²) >= 11 is 8.81. The fraction of sp³-hybridized carbons (Fsp3) is 0.143. The van der Waals surface area contributed by atoms with Gasteiger partial charge in [0.25, 0.3) is 5.91 Å². The summed E-state index contributed by atoms with van der Waals surface area (Å²) in [6.45, 7) is 1.84. The Labute approximate surface area is 145 Å². The van der Waals surface area contributed by atoms with Crippen LogP contribution >= 0.6 is 34.7 Å². The van der Waals surface area contributed by atoms with Crippen molar-refractivity contribution in [3.63, 3.8) is 0 Å². The Balaban J connectivity index is 1.87. The van der Waals surface area contributed by atoms with Crippen LogP contribution in [-0.4, -0.2) is 26.0 Å². The number of fused-ring (bicyclic) bond motifs is 1. The lowest BCUT2D eigenvalue weighted by atomic mass is 10.4. The van der Waals surface area contributed by atoms with Gasteiger partial charge in [-0.05, 0) is 19.1 Å². The van der Waals surface area contributed by atoms with E-state index in [1.807, 2.05) is 13.0 Å². The number of hydrogen-bond donors (Lipinski definition) is 1. The summed E-state index contributed by atoms with van der Waals surface area (Å²) in [4.78, 5) is 21.0. The number of carbonyl (C=O) groups excluding carboxylic acids is 1. The molecule has 116 valence electrons. The smallest absolute Gasteiger partial charge is 0.277 e. The minimum absolute atomic E-state index is 0.140. The van der Waals surface area contributed by atoms with E-state index < -0.39 is 0 Å². The van der Waals surface area contributed by atoms with Crippen LogP contribution in [0.5, 0.6) is 0 Å². The topological polar surface area (TPSA) is 83.1 Å². The van der Waals surface area contributed by atoms with Gasteiger partial charge in [-0.2, -0.15) is 5.26 Å². The van der Waals surface area contributed by atoms with E-state index in [-0.39, 0.29) is 16.8 Å². The van der Waals surface area contributed by atoms with E-state index in [0.29, 0.717) is 16.5 Å². The first-order chi connectivity index (χ1) is 11.1. The number of thioether (sulfide) groups is 1. The average Bonchev–Trinajstić information content (AvgIpc) is 3.03. The van der Waals surface area contributed by atoms with E-state index in [1.165, 1.54) is 23.1 Å².